The lowest BCUT2D eigenvalue weighted by Crippen LogP contribution is -1.99. The molecule has 0 unspecified atom stereocenters. The minimum absolute atomic E-state index is 0.387. The van der Waals surface area contributed by atoms with Crippen LogP contribution >= 0.6 is 12.0 Å². The summed E-state index contributed by atoms with van der Waals surface area (Å²) < 4.78 is 6.87. The summed E-state index contributed by atoms with van der Waals surface area (Å²) in [5, 5.41) is 1.50. The van der Waals surface area contributed by atoms with Crippen molar-refractivity contribution in [2.45, 2.75) is 19.0 Å². The van der Waals surface area contributed by atoms with Gasteiger partial charge in [0.25, 0.3) is 0 Å². The van der Waals surface area contributed by atoms with Crippen molar-refractivity contribution in [1.29, 1.82) is 0 Å². The Morgan fingerprint density at radius 1 is 1.04 bits per heavy atom. The second-order valence-electron chi connectivity index (χ2n) is 4.75. The molecule has 25 heavy (non-hydrogen) atoms. The third-order valence-electron chi connectivity index (χ3n) is 3.48. The molecule has 4 rings (SSSR count). The van der Waals surface area contributed by atoms with Gasteiger partial charge in [-0.05, 0) is 24.3 Å². The zero-order valence-electron chi connectivity index (χ0n) is 14.2. The average Bonchev–Trinajstić information content (AvgIpc) is 2.99. The fourth-order valence-corrected chi connectivity index (χ4v) is 3.02. The summed E-state index contributed by atoms with van der Waals surface area (Å²) in [6, 6.07) is 7.65. The topological polar surface area (TPSA) is 91.2 Å². The first-order chi connectivity index (χ1) is 12.3. The van der Waals surface area contributed by atoms with E-state index >= 15 is 0 Å². The predicted octanol–water partition coefficient (Wildman–Crippen LogP) is 3.60. The molecule has 0 bridgehead atoms. The van der Waals surface area contributed by atoms with E-state index in [0.717, 1.165) is 39.9 Å². The molecular formula is C17H18N6OS. The highest BCUT2D eigenvalue weighted by Crippen LogP contribution is 2.34. The third kappa shape index (κ3) is 3.01. The zero-order chi connectivity index (χ0) is 17.8. The fourth-order valence-electron chi connectivity index (χ4n) is 2.63. The quantitative estimate of drug-likeness (QED) is 0.444. The fraction of sp³-hybridized carbons (Fsp3) is 0.176. The summed E-state index contributed by atoms with van der Waals surface area (Å²) in [6.45, 7) is 4.00. The van der Waals surface area contributed by atoms with Crippen molar-refractivity contribution in [3.05, 3.63) is 42.9 Å². The Morgan fingerprint density at radius 3 is 2.64 bits per heavy atom. The molecule has 7 nitrogen and oxygen atoms in total. The molecule has 0 aromatic carbocycles. The zero-order valence-corrected chi connectivity index (χ0v) is 15.0. The van der Waals surface area contributed by atoms with Crippen LogP contribution in [-0.4, -0.2) is 31.4 Å². The van der Waals surface area contributed by atoms with E-state index in [1.54, 1.807) is 25.7 Å². The van der Waals surface area contributed by atoms with E-state index in [4.69, 9.17) is 9.92 Å². The van der Waals surface area contributed by atoms with Crippen molar-refractivity contribution in [2.75, 3.05) is 12.8 Å². The van der Waals surface area contributed by atoms with Crippen molar-refractivity contribution in [1.82, 2.24) is 24.3 Å². The highest BCUT2D eigenvalue weighted by molar-refractivity contribution is 7.94. The van der Waals surface area contributed by atoms with Crippen LogP contribution in [0.4, 0.5) is 5.95 Å². The van der Waals surface area contributed by atoms with Gasteiger partial charge < -0.3 is 9.92 Å². The summed E-state index contributed by atoms with van der Waals surface area (Å²) in [6.07, 6.45) is 5.12. The van der Waals surface area contributed by atoms with Gasteiger partial charge in [-0.3, -0.25) is 4.40 Å². The van der Waals surface area contributed by atoms with E-state index in [9.17, 15) is 0 Å². The molecule has 4 aromatic rings. The van der Waals surface area contributed by atoms with Gasteiger partial charge in [-0.2, -0.15) is 0 Å². The normalized spacial score (nSPS) is 10.7. The van der Waals surface area contributed by atoms with E-state index in [2.05, 4.69) is 19.9 Å². The number of aromatic nitrogens is 5. The van der Waals surface area contributed by atoms with E-state index in [1.165, 1.54) is 0 Å². The molecule has 0 aliphatic heterocycles. The Morgan fingerprint density at radius 2 is 1.84 bits per heavy atom. The van der Waals surface area contributed by atoms with E-state index in [-0.39, 0.29) is 0 Å². The maximum absolute atomic E-state index is 6.05. The number of hydrogen-bond acceptors (Lipinski definition) is 7. The summed E-state index contributed by atoms with van der Waals surface area (Å²) in [5.41, 5.74) is 9.43. The standard InChI is InChI=1S/C15H12N6OS.C2H6/c1-22-23-15-19-7-4-10(20-15)12-9-3-2-6-17-13(9)21-11(12)5-8-18-14(21)16;1-2/h2-8H,1H3,(H2,16,18);1-2H3. The second-order valence-corrected chi connectivity index (χ2v) is 5.61. The molecule has 8 heteroatoms. The Bertz CT molecular complexity index is 1020. The molecule has 0 aliphatic rings. The summed E-state index contributed by atoms with van der Waals surface area (Å²) in [5.74, 6) is 0.387. The highest BCUT2D eigenvalue weighted by Gasteiger charge is 2.17. The number of hydrogen-bond donors (Lipinski definition) is 1. The molecule has 0 amide bonds. The van der Waals surface area contributed by atoms with Crippen molar-refractivity contribution in [2.24, 2.45) is 0 Å². The molecule has 0 atom stereocenters. The van der Waals surface area contributed by atoms with Crippen molar-refractivity contribution in [3.63, 3.8) is 0 Å². The van der Waals surface area contributed by atoms with E-state index in [0.29, 0.717) is 11.1 Å². The Labute approximate surface area is 149 Å². The maximum Gasteiger partial charge on any atom is 0.215 e. The summed E-state index contributed by atoms with van der Waals surface area (Å²) in [4.78, 5) is 17.3. The van der Waals surface area contributed by atoms with Crippen LogP contribution in [0.2, 0.25) is 0 Å². The van der Waals surface area contributed by atoms with Crippen molar-refractivity contribution in [3.8, 4) is 11.3 Å². The Hall–Kier alpha value is -2.71. The number of fused-ring (bicyclic) bond motifs is 3. The van der Waals surface area contributed by atoms with E-state index < -0.39 is 0 Å². The van der Waals surface area contributed by atoms with Gasteiger partial charge in [0.1, 0.15) is 5.65 Å². The first-order valence-electron chi connectivity index (χ1n) is 7.83. The molecule has 4 heterocycles. The van der Waals surface area contributed by atoms with E-state index in [1.807, 2.05) is 42.5 Å². The van der Waals surface area contributed by atoms with Crippen LogP contribution < -0.4 is 5.73 Å². The maximum atomic E-state index is 6.05. The minimum Gasteiger partial charge on any atom is -0.369 e. The van der Waals surface area contributed by atoms with Crippen molar-refractivity contribution < 1.29 is 4.18 Å². The smallest absolute Gasteiger partial charge is 0.215 e. The predicted molar refractivity (Wildman–Crippen MR) is 100 cm³/mol. The van der Waals surface area contributed by atoms with Gasteiger partial charge in [-0.15, -0.1) is 0 Å². The molecule has 2 N–H and O–H groups in total. The van der Waals surface area contributed by atoms with Crippen LogP contribution in [0.1, 0.15) is 13.8 Å². The summed E-state index contributed by atoms with van der Waals surface area (Å²) >= 11 is 1.12. The van der Waals surface area contributed by atoms with Gasteiger partial charge >= 0.3 is 0 Å². The molecule has 0 saturated carbocycles. The lowest BCUT2D eigenvalue weighted by atomic mass is 10.1. The molecular weight excluding hydrogens is 336 g/mol. The number of pyridine rings is 1. The van der Waals surface area contributed by atoms with Crippen molar-refractivity contribution >= 4 is 34.5 Å². The van der Waals surface area contributed by atoms with Crippen LogP contribution in [0.3, 0.4) is 0 Å². The third-order valence-corrected chi connectivity index (χ3v) is 3.99. The molecule has 0 saturated heterocycles. The van der Waals surface area contributed by atoms with Crippen LogP contribution in [0, 0.1) is 0 Å². The Balaban J connectivity index is 0.000000880. The first kappa shape index (κ1) is 17.1. The minimum atomic E-state index is 0.387. The number of nitrogens with zero attached hydrogens (tertiary/aromatic N) is 5. The molecule has 0 fully saturated rings. The number of nitrogens with two attached hydrogens (primary N) is 1. The molecule has 4 aromatic heterocycles. The Kier molecular flexibility index (Phi) is 5.11. The van der Waals surface area contributed by atoms with Gasteiger partial charge in [-0.25, -0.2) is 19.9 Å². The number of rotatable bonds is 3. The van der Waals surface area contributed by atoms with Crippen LogP contribution in [-0.2, 0) is 4.18 Å². The van der Waals surface area contributed by atoms with Gasteiger partial charge in [0.15, 0.2) is 0 Å². The van der Waals surface area contributed by atoms with Gasteiger partial charge in [-0.1, -0.05) is 13.8 Å². The van der Waals surface area contributed by atoms with Gasteiger partial charge in [0.05, 0.1) is 30.4 Å². The number of nitrogen functional groups attached to an aromatic ring is 1. The lowest BCUT2D eigenvalue weighted by Gasteiger charge is -2.03. The first-order valence-corrected chi connectivity index (χ1v) is 8.57. The summed E-state index contributed by atoms with van der Waals surface area (Å²) in [7, 11) is 1.58. The van der Waals surface area contributed by atoms with Crippen LogP contribution in [0.5, 0.6) is 0 Å². The van der Waals surface area contributed by atoms with Crippen LogP contribution in [0.15, 0.2) is 48.0 Å². The number of anilines is 1. The monoisotopic (exact) mass is 354 g/mol. The molecule has 0 aliphatic carbocycles. The SMILES string of the molecule is CC.COSc1nccc(-c2c3cccnc3n3c(N)nccc23)n1. The largest absolute Gasteiger partial charge is 0.369 e. The molecule has 0 spiro atoms. The van der Waals surface area contributed by atoms with Crippen LogP contribution in [0.25, 0.3) is 27.8 Å². The average molecular weight is 354 g/mol. The lowest BCUT2D eigenvalue weighted by molar-refractivity contribution is 0.486. The second kappa shape index (κ2) is 7.45. The molecule has 0 radical (unpaired) electrons. The molecule has 128 valence electrons. The van der Waals surface area contributed by atoms with Gasteiger partial charge in [0, 0.05) is 29.5 Å². The highest BCUT2D eigenvalue weighted by atomic mass is 32.2. The van der Waals surface area contributed by atoms with Gasteiger partial charge in [0.2, 0.25) is 11.1 Å².